The lowest BCUT2D eigenvalue weighted by molar-refractivity contribution is 0.331. The molecule has 0 radical (unpaired) electrons. The fraction of sp³-hybridized carbons (Fsp3) is 0.258. The van der Waals surface area contributed by atoms with E-state index in [1.54, 1.807) is 0 Å². The molecular formula is C31H27NO. The average Bonchev–Trinajstić information content (AvgIpc) is 3.58. The van der Waals surface area contributed by atoms with Crippen LogP contribution in [0, 0.1) is 17.8 Å². The summed E-state index contributed by atoms with van der Waals surface area (Å²) in [6, 6.07) is 27.9. The quantitative estimate of drug-likeness (QED) is 0.287. The molecule has 0 N–H and O–H groups in total. The van der Waals surface area contributed by atoms with E-state index in [4.69, 9.17) is 9.40 Å². The van der Waals surface area contributed by atoms with Crippen LogP contribution in [0.25, 0.3) is 44.3 Å². The first-order valence-electron chi connectivity index (χ1n) is 12.3. The van der Waals surface area contributed by atoms with E-state index in [0.29, 0.717) is 0 Å². The zero-order chi connectivity index (χ0) is 21.8. The first kappa shape index (κ1) is 19.1. The summed E-state index contributed by atoms with van der Waals surface area (Å²) >= 11 is 0. The number of aromatic nitrogens is 1. The van der Waals surface area contributed by atoms with Crippen molar-refractivity contribution in [1.82, 2.24) is 4.98 Å². The van der Waals surface area contributed by atoms with Gasteiger partial charge in [-0.15, -0.1) is 0 Å². The molecule has 33 heavy (non-hydrogen) atoms. The molecule has 2 heteroatoms. The van der Waals surface area contributed by atoms with Gasteiger partial charge in [0.2, 0.25) is 0 Å². The molecule has 3 aromatic carbocycles. The van der Waals surface area contributed by atoms with Gasteiger partial charge in [0.05, 0.1) is 5.69 Å². The lowest BCUT2D eigenvalue weighted by atomic mass is 9.84. The Bertz CT molecular complexity index is 1460. The van der Waals surface area contributed by atoms with Gasteiger partial charge in [-0.2, -0.15) is 0 Å². The number of benzene rings is 3. The van der Waals surface area contributed by atoms with E-state index in [0.717, 1.165) is 50.9 Å². The molecule has 3 unspecified atom stereocenters. The Kier molecular flexibility index (Phi) is 4.40. The van der Waals surface area contributed by atoms with Gasteiger partial charge in [-0.25, -0.2) is 0 Å². The second-order valence-electron chi connectivity index (χ2n) is 10.0. The highest BCUT2D eigenvalue weighted by Gasteiger charge is 2.39. The summed E-state index contributed by atoms with van der Waals surface area (Å²) in [5, 5.41) is 2.31. The minimum atomic E-state index is 0.859. The first-order chi connectivity index (χ1) is 16.3. The number of hydrogen-bond acceptors (Lipinski definition) is 2. The van der Waals surface area contributed by atoms with Gasteiger partial charge in [0.25, 0.3) is 0 Å². The number of furan rings is 1. The lowest BCUT2D eigenvalue weighted by Gasteiger charge is -2.21. The Morgan fingerprint density at radius 2 is 1.73 bits per heavy atom. The molecule has 2 nitrogen and oxygen atoms in total. The molecule has 0 saturated heterocycles. The van der Waals surface area contributed by atoms with Crippen molar-refractivity contribution in [2.24, 2.45) is 17.8 Å². The van der Waals surface area contributed by atoms with Crippen molar-refractivity contribution in [2.75, 3.05) is 0 Å². The number of para-hydroxylation sites is 1. The molecular weight excluding hydrogens is 402 g/mol. The van der Waals surface area contributed by atoms with Gasteiger partial charge in [-0.05, 0) is 90.5 Å². The predicted octanol–water partition coefficient (Wildman–Crippen LogP) is 8.29. The topological polar surface area (TPSA) is 26.0 Å². The first-order valence-corrected chi connectivity index (χ1v) is 12.3. The molecule has 2 saturated carbocycles. The summed E-state index contributed by atoms with van der Waals surface area (Å²) in [4.78, 5) is 4.76. The third-order valence-corrected chi connectivity index (χ3v) is 8.09. The average molecular weight is 430 g/mol. The van der Waals surface area contributed by atoms with E-state index in [9.17, 15) is 0 Å². The number of hydrogen-bond donors (Lipinski definition) is 0. The maximum Gasteiger partial charge on any atom is 0.144 e. The van der Waals surface area contributed by atoms with Crippen molar-refractivity contribution < 1.29 is 4.42 Å². The Balaban J connectivity index is 1.28. The molecule has 2 bridgehead atoms. The van der Waals surface area contributed by atoms with Gasteiger partial charge in [-0.3, -0.25) is 4.98 Å². The van der Waals surface area contributed by atoms with Crippen molar-refractivity contribution in [3.63, 3.8) is 0 Å². The standard InChI is InChI=1S/C31H27NO/c1-2-5-22(6-3-1)24-11-12-26-27-7-4-8-28(31(27)33-30(26)19-24)29-18-21(13-14-32-29)17-25-16-20-9-10-23(25)15-20/h1-8,11-14,18-20,23,25H,9-10,15-17H2. The third kappa shape index (κ3) is 3.28. The largest absolute Gasteiger partial charge is 0.455 e. The smallest absolute Gasteiger partial charge is 0.144 e. The van der Waals surface area contributed by atoms with Gasteiger partial charge in [0.15, 0.2) is 0 Å². The van der Waals surface area contributed by atoms with E-state index in [-0.39, 0.29) is 0 Å². The van der Waals surface area contributed by atoms with Crippen molar-refractivity contribution in [3.8, 4) is 22.4 Å². The lowest BCUT2D eigenvalue weighted by Crippen LogP contribution is -2.13. The highest BCUT2D eigenvalue weighted by Crippen LogP contribution is 2.49. The van der Waals surface area contributed by atoms with E-state index in [1.807, 2.05) is 12.3 Å². The van der Waals surface area contributed by atoms with Crippen LogP contribution in [0.3, 0.4) is 0 Å². The van der Waals surface area contributed by atoms with Gasteiger partial charge in [-0.1, -0.05) is 55.0 Å². The number of rotatable bonds is 4. The molecule has 0 aliphatic heterocycles. The van der Waals surface area contributed by atoms with Gasteiger partial charge in [0.1, 0.15) is 11.2 Å². The van der Waals surface area contributed by atoms with Gasteiger partial charge >= 0.3 is 0 Å². The highest BCUT2D eigenvalue weighted by molar-refractivity contribution is 6.10. The molecule has 2 aromatic heterocycles. The molecule has 2 aliphatic rings. The fourth-order valence-corrected chi connectivity index (χ4v) is 6.49. The van der Waals surface area contributed by atoms with Crippen LogP contribution in [0.4, 0.5) is 0 Å². The van der Waals surface area contributed by atoms with E-state index < -0.39 is 0 Å². The van der Waals surface area contributed by atoms with Crippen LogP contribution in [0.15, 0.2) is 89.5 Å². The molecule has 7 rings (SSSR count). The van der Waals surface area contributed by atoms with Crippen molar-refractivity contribution in [1.29, 1.82) is 0 Å². The summed E-state index contributed by atoms with van der Waals surface area (Å²) in [6.07, 6.45) is 8.95. The second-order valence-corrected chi connectivity index (χ2v) is 10.0. The van der Waals surface area contributed by atoms with Crippen molar-refractivity contribution in [3.05, 3.63) is 90.6 Å². The van der Waals surface area contributed by atoms with E-state index in [2.05, 4.69) is 72.8 Å². The maximum atomic E-state index is 6.47. The summed E-state index contributed by atoms with van der Waals surface area (Å²) in [5.41, 5.74) is 7.75. The van der Waals surface area contributed by atoms with Crippen LogP contribution in [0.1, 0.15) is 31.2 Å². The molecule has 0 amide bonds. The minimum Gasteiger partial charge on any atom is -0.455 e. The molecule has 0 spiro atoms. The Morgan fingerprint density at radius 3 is 2.58 bits per heavy atom. The van der Waals surface area contributed by atoms with Gasteiger partial charge in [0, 0.05) is 22.5 Å². The maximum absolute atomic E-state index is 6.47. The van der Waals surface area contributed by atoms with Crippen molar-refractivity contribution >= 4 is 21.9 Å². The summed E-state index contributed by atoms with van der Waals surface area (Å²) in [5.74, 6) is 2.80. The zero-order valence-corrected chi connectivity index (χ0v) is 18.7. The zero-order valence-electron chi connectivity index (χ0n) is 18.7. The highest BCUT2D eigenvalue weighted by atomic mass is 16.3. The van der Waals surface area contributed by atoms with E-state index in [1.165, 1.54) is 48.8 Å². The Hall–Kier alpha value is -3.39. The predicted molar refractivity (Wildman–Crippen MR) is 135 cm³/mol. The minimum absolute atomic E-state index is 0.859. The molecule has 2 fully saturated rings. The van der Waals surface area contributed by atoms with Crippen LogP contribution in [-0.4, -0.2) is 4.98 Å². The summed E-state index contributed by atoms with van der Waals surface area (Å²) in [6.45, 7) is 0. The summed E-state index contributed by atoms with van der Waals surface area (Å²) < 4.78 is 6.47. The number of fused-ring (bicyclic) bond motifs is 5. The van der Waals surface area contributed by atoms with Crippen LogP contribution in [-0.2, 0) is 6.42 Å². The van der Waals surface area contributed by atoms with Gasteiger partial charge < -0.3 is 4.42 Å². The molecule has 2 aliphatic carbocycles. The number of pyridine rings is 1. The SMILES string of the molecule is c1ccc(-c2ccc3c(c2)oc2c(-c4cc(CC5CC6CCC5C6)ccn4)cccc23)cc1. The Morgan fingerprint density at radius 1 is 0.788 bits per heavy atom. The molecule has 5 aromatic rings. The monoisotopic (exact) mass is 429 g/mol. The fourth-order valence-electron chi connectivity index (χ4n) is 6.49. The van der Waals surface area contributed by atoms with Crippen LogP contribution >= 0.6 is 0 Å². The normalized spacial score (nSPS) is 21.9. The Labute approximate surface area is 194 Å². The van der Waals surface area contributed by atoms with Crippen LogP contribution in [0.5, 0.6) is 0 Å². The molecule has 2 heterocycles. The molecule has 3 atom stereocenters. The summed E-state index contributed by atoms with van der Waals surface area (Å²) in [7, 11) is 0. The van der Waals surface area contributed by atoms with Crippen molar-refractivity contribution in [2.45, 2.75) is 32.1 Å². The number of nitrogens with zero attached hydrogens (tertiary/aromatic N) is 1. The van der Waals surface area contributed by atoms with E-state index >= 15 is 0 Å². The molecule has 162 valence electrons. The van der Waals surface area contributed by atoms with Crippen LogP contribution in [0.2, 0.25) is 0 Å². The third-order valence-electron chi connectivity index (χ3n) is 8.09. The second kappa shape index (κ2) is 7.59. The van der Waals surface area contributed by atoms with Crippen LogP contribution < -0.4 is 0 Å².